The monoisotopic (exact) mass is 439 g/mol. The van der Waals surface area contributed by atoms with Crippen LogP contribution in [0.2, 0.25) is 0 Å². The first-order valence-corrected chi connectivity index (χ1v) is 6.51. The molecule has 0 N–H and O–H groups in total. The molecule has 1 unspecified atom stereocenters. The van der Waals surface area contributed by atoms with Gasteiger partial charge in [-0.3, -0.25) is 0 Å². The number of hydrogen-bond donors (Lipinski definition) is 0. The molecule has 1 atom stereocenters. The lowest BCUT2D eigenvalue weighted by Gasteiger charge is -2.11. The molecule has 4 nitrogen and oxygen atoms in total. The normalized spacial score (nSPS) is 12.3. The molecule has 7 heteroatoms. The molecule has 0 radical (unpaired) electrons. The largest absolute Gasteiger partial charge is 0.740 e. The minimum Gasteiger partial charge on any atom is -0.740 e. The standard InChI is InChI=1S/C7H6I2O4S/c1-12-6-3-7(13-14(10)11)5(9)2-4(6)8/h2-3H,1H3,(H,10,11)/p-1. The van der Waals surface area contributed by atoms with E-state index in [1.165, 1.54) is 7.11 Å². The fourth-order valence-electron chi connectivity index (χ4n) is 0.804. The Bertz CT molecular complexity index is 369. The van der Waals surface area contributed by atoms with Gasteiger partial charge < -0.3 is 13.5 Å². The van der Waals surface area contributed by atoms with E-state index in [1.807, 2.05) is 22.6 Å². The van der Waals surface area contributed by atoms with Crippen molar-refractivity contribution in [3.63, 3.8) is 0 Å². The SMILES string of the molecule is COc1cc(OS(=O)[O-])c(I)cc1I. The van der Waals surface area contributed by atoms with Gasteiger partial charge in [-0.1, -0.05) is 0 Å². The molecule has 0 heterocycles. The lowest BCUT2D eigenvalue weighted by molar-refractivity contribution is 0.406. The fraction of sp³-hybridized carbons (Fsp3) is 0.143. The van der Waals surface area contributed by atoms with Crippen molar-refractivity contribution in [2.75, 3.05) is 7.11 Å². The molecule has 0 fully saturated rings. The van der Waals surface area contributed by atoms with Crippen LogP contribution < -0.4 is 8.92 Å². The summed E-state index contributed by atoms with van der Waals surface area (Å²) in [6.07, 6.45) is 0. The zero-order valence-corrected chi connectivity index (χ0v) is 12.1. The number of hydrogen-bond acceptors (Lipinski definition) is 4. The highest BCUT2D eigenvalue weighted by atomic mass is 127. The number of benzene rings is 1. The summed E-state index contributed by atoms with van der Waals surface area (Å²) in [5, 5.41) is 0. The molecule has 1 rings (SSSR count). The first-order chi connectivity index (χ1) is 6.54. The lowest BCUT2D eigenvalue weighted by atomic mass is 10.3. The molecule has 0 spiro atoms. The molecular weight excluding hydrogens is 434 g/mol. The zero-order chi connectivity index (χ0) is 10.7. The van der Waals surface area contributed by atoms with Crippen molar-refractivity contribution >= 4 is 56.5 Å². The van der Waals surface area contributed by atoms with E-state index in [0.29, 0.717) is 5.75 Å². The Morgan fingerprint density at radius 1 is 1.29 bits per heavy atom. The highest BCUT2D eigenvalue weighted by Gasteiger charge is 2.08. The maximum absolute atomic E-state index is 10.3. The first-order valence-electron chi connectivity index (χ1n) is 3.35. The Labute approximate surface area is 111 Å². The van der Waals surface area contributed by atoms with E-state index in [0.717, 1.165) is 7.14 Å². The van der Waals surface area contributed by atoms with Gasteiger partial charge in [0.25, 0.3) is 0 Å². The second kappa shape index (κ2) is 5.47. The molecule has 1 aromatic carbocycles. The van der Waals surface area contributed by atoms with Crippen molar-refractivity contribution in [3.8, 4) is 11.5 Å². The minimum absolute atomic E-state index is 0.274. The third-order valence-corrected chi connectivity index (χ3v) is 3.37. The minimum atomic E-state index is -2.56. The molecule has 14 heavy (non-hydrogen) atoms. The molecular formula is C7H5I2O4S-. The van der Waals surface area contributed by atoms with E-state index in [4.69, 9.17) is 4.74 Å². The van der Waals surface area contributed by atoms with E-state index in [9.17, 15) is 8.76 Å². The first kappa shape index (κ1) is 12.5. The van der Waals surface area contributed by atoms with Crippen molar-refractivity contribution in [1.82, 2.24) is 0 Å². The van der Waals surface area contributed by atoms with Crippen molar-refractivity contribution in [1.29, 1.82) is 0 Å². The highest BCUT2D eigenvalue weighted by Crippen LogP contribution is 2.31. The van der Waals surface area contributed by atoms with Gasteiger partial charge >= 0.3 is 0 Å². The van der Waals surface area contributed by atoms with Crippen molar-refractivity contribution in [3.05, 3.63) is 19.3 Å². The maximum Gasteiger partial charge on any atom is 0.156 e. The number of halogens is 2. The summed E-state index contributed by atoms with van der Waals surface area (Å²) in [4.78, 5) is 0. The van der Waals surface area contributed by atoms with Gasteiger partial charge in [-0.15, -0.1) is 0 Å². The smallest absolute Gasteiger partial charge is 0.156 e. The van der Waals surface area contributed by atoms with E-state index in [2.05, 4.69) is 26.8 Å². The van der Waals surface area contributed by atoms with Crippen molar-refractivity contribution in [2.24, 2.45) is 0 Å². The predicted octanol–water partition coefficient (Wildman–Crippen LogP) is 2.08. The summed E-state index contributed by atoms with van der Waals surface area (Å²) >= 11 is 1.53. The molecule has 0 aromatic heterocycles. The molecule has 0 saturated heterocycles. The Morgan fingerprint density at radius 2 is 1.86 bits per heavy atom. The van der Waals surface area contributed by atoms with Gasteiger partial charge in [0.05, 0.1) is 14.3 Å². The summed E-state index contributed by atoms with van der Waals surface area (Å²) in [6.45, 7) is 0. The average Bonchev–Trinajstić information content (AvgIpc) is 2.09. The summed E-state index contributed by atoms with van der Waals surface area (Å²) in [6, 6.07) is 3.32. The van der Waals surface area contributed by atoms with Crippen LogP contribution in [0.4, 0.5) is 0 Å². The number of ether oxygens (including phenoxy) is 1. The molecule has 0 amide bonds. The summed E-state index contributed by atoms with van der Waals surface area (Å²) in [5.74, 6) is 0.864. The van der Waals surface area contributed by atoms with Crippen LogP contribution >= 0.6 is 45.2 Å². The van der Waals surface area contributed by atoms with Gasteiger partial charge in [0, 0.05) is 6.07 Å². The van der Waals surface area contributed by atoms with Crippen LogP contribution in [-0.4, -0.2) is 15.9 Å². The molecule has 0 aliphatic carbocycles. The van der Waals surface area contributed by atoms with Crippen LogP contribution in [0.3, 0.4) is 0 Å². The van der Waals surface area contributed by atoms with Crippen LogP contribution in [-0.2, 0) is 11.4 Å². The molecule has 78 valence electrons. The van der Waals surface area contributed by atoms with E-state index < -0.39 is 11.4 Å². The number of methoxy groups -OCH3 is 1. The maximum atomic E-state index is 10.3. The van der Waals surface area contributed by atoms with Gasteiger partial charge in [0.15, 0.2) is 5.75 Å². The summed E-state index contributed by atoms with van der Waals surface area (Å²) < 4.78 is 31.9. The van der Waals surface area contributed by atoms with Gasteiger partial charge in [-0.05, 0) is 51.2 Å². The van der Waals surface area contributed by atoms with Crippen molar-refractivity contribution < 1.29 is 17.7 Å². The van der Waals surface area contributed by atoms with Gasteiger partial charge in [-0.25, -0.2) is 4.21 Å². The summed E-state index contributed by atoms with van der Waals surface area (Å²) in [5.41, 5.74) is 0. The topological polar surface area (TPSA) is 58.6 Å². The Hall–Kier alpha value is 0.390. The van der Waals surface area contributed by atoms with E-state index in [1.54, 1.807) is 12.1 Å². The quantitative estimate of drug-likeness (QED) is 0.535. The molecule has 1 aromatic rings. The molecule has 0 aliphatic heterocycles. The average molecular weight is 439 g/mol. The Morgan fingerprint density at radius 3 is 2.36 bits per heavy atom. The Kier molecular flexibility index (Phi) is 4.87. The molecule has 0 saturated carbocycles. The second-order valence-electron chi connectivity index (χ2n) is 2.20. The fourth-order valence-corrected chi connectivity index (χ4v) is 3.10. The highest BCUT2D eigenvalue weighted by molar-refractivity contribution is 14.1. The van der Waals surface area contributed by atoms with Crippen LogP contribution in [0, 0.1) is 7.14 Å². The van der Waals surface area contributed by atoms with Gasteiger partial charge in [0.1, 0.15) is 17.1 Å². The van der Waals surface area contributed by atoms with Crippen molar-refractivity contribution in [2.45, 2.75) is 0 Å². The van der Waals surface area contributed by atoms with Crippen LogP contribution in [0.25, 0.3) is 0 Å². The van der Waals surface area contributed by atoms with Crippen LogP contribution in [0.5, 0.6) is 11.5 Å². The third-order valence-electron chi connectivity index (χ3n) is 1.36. The molecule has 0 bridgehead atoms. The lowest BCUT2D eigenvalue weighted by Crippen LogP contribution is -2.00. The molecule has 0 aliphatic rings. The Balaban J connectivity index is 3.10. The van der Waals surface area contributed by atoms with Crippen LogP contribution in [0.15, 0.2) is 12.1 Å². The zero-order valence-electron chi connectivity index (χ0n) is 6.95. The third kappa shape index (κ3) is 3.21. The van der Waals surface area contributed by atoms with E-state index in [-0.39, 0.29) is 5.75 Å². The van der Waals surface area contributed by atoms with E-state index >= 15 is 0 Å². The predicted molar refractivity (Wildman–Crippen MR) is 68.0 cm³/mol. The summed E-state index contributed by atoms with van der Waals surface area (Å²) in [7, 11) is 1.52. The van der Waals surface area contributed by atoms with Gasteiger partial charge in [0.2, 0.25) is 0 Å². The van der Waals surface area contributed by atoms with Gasteiger partial charge in [-0.2, -0.15) is 0 Å². The second-order valence-corrected chi connectivity index (χ2v) is 5.10. The van der Waals surface area contributed by atoms with Crippen LogP contribution in [0.1, 0.15) is 0 Å². The number of rotatable bonds is 3.